The molecule has 0 saturated heterocycles. The molecule has 1 amide bonds. The Bertz CT molecular complexity index is 2640. The van der Waals surface area contributed by atoms with E-state index in [1.54, 1.807) is 18.1 Å². The van der Waals surface area contributed by atoms with Crippen LogP contribution in [-0.2, 0) is 31.8 Å². The Morgan fingerprint density at radius 2 is 1.70 bits per heavy atom. The van der Waals surface area contributed by atoms with Gasteiger partial charge in [0.2, 0.25) is 0 Å². The Kier molecular flexibility index (Phi) is 9.97. The first-order chi connectivity index (χ1) is 26.9. The van der Waals surface area contributed by atoms with Crippen LogP contribution in [0, 0.1) is 27.7 Å². The lowest BCUT2D eigenvalue weighted by atomic mass is 9.98. The highest BCUT2D eigenvalue weighted by Crippen LogP contribution is 2.46. The molecule has 0 radical (unpaired) electrons. The summed E-state index contributed by atoms with van der Waals surface area (Å²) in [4.78, 5) is 21.8. The molecule has 0 bridgehead atoms. The first-order valence-electron chi connectivity index (χ1n) is 18.9. The monoisotopic (exact) mass is 792 g/mol. The molecule has 290 valence electrons. The molecule has 0 unspecified atom stereocenters. The predicted molar refractivity (Wildman–Crippen MR) is 224 cm³/mol. The molecule has 1 aliphatic heterocycles. The van der Waals surface area contributed by atoms with Crippen LogP contribution in [0.3, 0.4) is 0 Å². The molecule has 11 nitrogen and oxygen atoms in total. The van der Waals surface area contributed by atoms with Crippen molar-refractivity contribution < 1.29 is 14.3 Å². The molecule has 7 aromatic rings. The van der Waals surface area contributed by atoms with Gasteiger partial charge in [-0.05, 0) is 101 Å². The van der Waals surface area contributed by atoms with Crippen LogP contribution in [0.1, 0.15) is 58.0 Å². The molecule has 1 atom stereocenters. The Morgan fingerprint density at radius 1 is 0.929 bits per heavy atom. The van der Waals surface area contributed by atoms with Gasteiger partial charge < -0.3 is 23.5 Å². The van der Waals surface area contributed by atoms with Crippen molar-refractivity contribution >= 4 is 56.6 Å². The summed E-state index contributed by atoms with van der Waals surface area (Å²) in [6.45, 7) is 12.3. The van der Waals surface area contributed by atoms with E-state index >= 15 is 4.79 Å². The third-order valence-corrected chi connectivity index (χ3v) is 12.0. The minimum absolute atomic E-state index is 0.0620. The highest BCUT2D eigenvalue weighted by molar-refractivity contribution is 6.35. The van der Waals surface area contributed by atoms with E-state index in [1.165, 1.54) is 0 Å². The Balaban J connectivity index is 1.27. The number of hydrogen-bond acceptors (Lipinski definition) is 6. The van der Waals surface area contributed by atoms with Crippen LogP contribution in [0.15, 0.2) is 55.0 Å². The van der Waals surface area contributed by atoms with Crippen LogP contribution < -0.4 is 9.64 Å². The summed E-state index contributed by atoms with van der Waals surface area (Å²) in [5.74, 6) is 1.35. The van der Waals surface area contributed by atoms with Crippen molar-refractivity contribution in [2.45, 2.75) is 60.0 Å². The second-order valence-electron chi connectivity index (χ2n) is 14.9. The van der Waals surface area contributed by atoms with Crippen LogP contribution in [-0.4, -0.2) is 66.5 Å². The van der Waals surface area contributed by atoms with Crippen molar-refractivity contribution in [2.75, 3.05) is 31.8 Å². The van der Waals surface area contributed by atoms with E-state index in [9.17, 15) is 0 Å². The summed E-state index contributed by atoms with van der Waals surface area (Å²) >= 11 is 13.6. The quantitative estimate of drug-likeness (QED) is 0.121. The molecule has 5 heterocycles. The Morgan fingerprint density at radius 3 is 2.38 bits per heavy atom. The van der Waals surface area contributed by atoms with Crippen molar-refractivity contribution in [3.63, 3.8) is 0 Å². The third-order valence-electron chi connectivity index (χ3n) is 11.1. The number of fused-ring (bicyclic) bond motifs is 4. The van der Waals surface area contributed by atoms with E-state index in [0.29, 0.717) is 55.7 Å². The zero-order valence-electron chi connectivity index (χ0n) is 33.1. The summed E-state index contributed by atoms with van der Waals surface area (Å²) in [6.07, 6.45) is 5.08. The van der Waals surface area contributed by atoms with Crippen LogP contribution in [0.4, 0.5) is 5.69 Å². The van der Waals surface area contributed by atoms with Gasteiger partial charge in [0.05, 0.1) is 40.7 Å². The fourth-order valence-corrected chi connectivity index (χ4v) is 8.77. The molecule has 1 aliphatic rings. The summed E-state index contributed by atoms with van der Waals surface area (Å²) in [7, 11) is 5.50. The number of ether oxygens (including phenoxy) is 2. The number of carbonyl (C=O) groups is 1. The van der Waals surface area contributed by atoms with Gasteiger partial charge in [-0.25, -0.2) is 4.98 Å². The molecular weight excluding hydrogens is 747 g/mol. The molecule has 4 aromatic heterocycles. The number of benzene rings is 3. The minimum Gasteiger partial charge on any atom is -0.494 e. The maximum atomic E-state index is 15.4. The van der Waals surface area contributed by atoms with Gasteiger partial charge in [-0.15, -0.1) is 0 Å². The number of halogens is 2. The van der Waals surface area contributed by atoms with Gasteiger partial charge in [-0.1, -0.05) is 29.3 Å². The average molecular weight is 794 g/mol. The number of hydrogen-bond donors (Lipinski definition) is 0. The molecule has 13 heteroatoms. The number of rotatable bonds is 11. The van der Waals surface area contributed by atoms with Crippen molar-refractivity contribution in [3.8, 4) is 28.3 Å². The molecule has 0 aliphatic carbocycles. The van der Waals surface area contributed by atoms with Gasteiger partial charge >= 0.3 is 0 Å². The van der Waals surface area contributed by atoms with Crippen molar-refractivity contribution in [2.24, 2.45) is 14.1 Å². The number of methoxy groups -OCH3 is 1. The van der Waals surface area contributed by atoms with E-state index in [2.05, 4.69) is 57.5 Å². The standard InChI is InChI=1S/C43H46Cl2N8O3/c1-24-18-30(19-25(2)39(24)45)56-16-9-10-31-32-12-13-34(44)38(37-27(4)47-50(7)28(37)5)40(32)53-26(3)21-52(43(54)41(31)53)36-22-51(15-17-55-8)35-14-11-29(20-33(35)36)42-46-23-49(6)48-42/h11-14,18-20,22-23,26H,9-10,15-17,21H2,1-8H3/t26-/m1/s1. The highest BCUT2D eigenvalue weighted by Gasteiger charge is 2.38. The Labute approximate surface area is 336 Å². The molecule has 0 fully saturated rings. The fraction of sp³-hybridized carbons (Fsp3) is 0.349. The largest absolute Gasteiger partial charge is 0.494 e. The molecular formula is C43H46Cl2N8O3. The topological polar surface area (TPSA) is 97.2 Å². The molecule has 0 saturated carbocycles. The highest BCUT2D eigenvalue weighted by atomic mass is 35.5. The maximum absolute atomic E-state index is 15.4. The summed E-state index contributed by atoms with van der Waals surface area (Å²) in [5, 5.41) is 12.7. The smallest absolute Gasteiger partial charge is 0.275 e. The lowest BCUT2D eigenvalue weighted by Gasteiger charge is -2.34. The van der Waals surface area contributed by atoms with Crippen LogP contribution in [0.5, 0.6) is 5.75 Å². The second kappa shape index (κ2) is 14.8. The summed E-state index contributed by atoms with van der Waals surface area (Å²) in [5.41, 5.74) is 11.1. The molecule has 56 heavy (non-hydrogen) atoms. The van der Waals surface area contributed by atoms with Gasteiger partial charge in [0.25, 0.3) is 5.91 Å². The molecule has 8 rings (SSSR count). The number of aromatic nitrogens is 7. The predicted octanol–water partition coefficient (Wildman–Crippen LogP) is 9.21. The number of aryl methyl sites for hydroxylation is 6. The fourth-order valence-electron chi connectivity index (χ4n) is 8.42. The lowest BCUT2D eigenvalue weighted by Crippen LogP contribution is -2.42. The first-order valence-corrected chi connectivity index (χ1v) is 19.7. The van der Waals surface area contributed by atoms with Crippen molar-refractivity contribution in [1.29, 1.82) is 0 Å². The number of anilines is 1. The normalized spacial score (nSPS) is 14.4. The summed E-state index contributed by atoms with van der Waals surface area (Å²) < 4.78 is 19.7. The van der Waals surface area contributed by atoms with Crippen LogP contribution in [0.25, 0.3) is 44.3 Å². The van der Waals surface area contributed by atoms with Gasteiger partial charge in [0.1, 0.15) is 17.8 Å². The first kappa shape index (κ1) is 37.8. The van der Waals surface area contributed by atoms with Gasteiger partial charge in [0, 0.05) is 84.7 Å². The lowest BCUT2D eigenvalue weighted by molar-refractivity contribution is 0.0957. The van der Waals surface area contributed by atoms with E-state index in [4.69, 9.17) is 37.8 Å². The van der Waals surface area contributed by atoms with Gasteiger partial charge in [-0.3, -0.25) is 14.2 Å². The van der Waals surface area contributed by atoms with E-state index in [0.717, 1.165) is 83.0 Å². The van der Waals surface area contributed by atoms with Gasteiger partial charge in [0.15, 0.2) is 5.82 Å². The van der Waals surface area contributed by atoms with E-state index in [-0.39, 0.29) is 11.9 Å². The number of amides is 1. The molecule has 0 N–H and O–H groups in total. The zero-order chi connectivity index (χ0) is 39.6. The zero-order valence-corrected chi connectivity index (χ0v) is 34.6. The third kappa shape index (κ3) is 6.35. The Hall–Kier alpha value is -5.10. The van der Waals surface area contributed by atoms with Crippen LogP contribution in [0.2, 0.25) is 10.0 Å². The molecule has 0 spiro atoms. The summed E-state index contributed by atoms with van der Waals surface area (Å²) in [6, 6.07) is 14.1. The molecule has 3 aromatic carbocycles. The van der Waals surface area contributed by atoms with Crippen LogP contribution >= 0.6 is 23.2 Å². The second-order valence-corrected chi connectivity index (χ2v) is 15.7. The van der Waals surface area contributed by atoms with E-state index < -0.39 is 0 Å². The number of nitrogens with zero attached hydrogens (tertiary/aromatic N) is 8. The average Bonchev–Trinajstić information content (AvgIpc) is 3.92. The van der Waals surface area contributed by atoms with Crippen molar-refractivity contribution in [3.05, 3.63) is 98.8 Å². The number of carbonyl (C=O) groups excluding carboxylic acids is 1. The SMILES string of the molecule is COCCn1cc(N2C[C@@H](C)n3c(c(CCCOc4cc(C)c(Cl)c(C)c4)c4ccc(Cl)c(-c5c(C)nn(C)c5C)c43)C2=O)c2cc(-c3ncn(C)n3)ccc21. The maximum Gasteiger partial charge on any atom is 0.275 e. The van der Waals surface area contributed by atoms with Gasteiger partial charge in [-0.2, -0.15) is 10.2 Å². The van der Waals surface area contributed by atoms with E-state index in [1.807, 2.05) is 68.7 Å². The minimum atomic E-state index is -0.0947. The van der Waals surface area contributed by atoms with Crippen molar-refractivity contribution in [1.82, 2.24) is 33.7 Å².